The van der Waals surface area contributed by atoms with Gasteiger partial charge in [0.2, 0.25) is 0 Å². The molecule has 1 aromatic carbocycles. The number of hydrogen-bond acceptors (Lipinski definition) is 1. The Kier molecular flexibility index (Phi) is 3.69. The van der Waals surface area contributed by atoms with Gasteiger partial charge in [-0.2, -0.15) is 0 Å². The lowest BCUT2D eigenvalue weighted by molar-refractivity contribution is 0.577. The molecule has 1 aliphatic heterocycles. The van der Waals surface area contributed by atoms with E-state index in [2.05, 4.69) is 50.9 Å². The fraction of sp³-hybridized carbons (Fsp3) is 0.500. The summed E-state index contributed by atoms with van der Waals surface area (Å²) in [6.45, 7) is 2.12. The van der Waals surface area contributed by atoms with Crippen molar-refractivity contribution < 1.29 is 4.57 Å². The van der Waals surface area contributed by atoms with Crippen LogP contribution in [0, 0.1) is 0 Å². The number of rotatable bonds is 2. The van der Waals surface area contributed by atoms with E-state index in [0.717, 1.165) is 18.5 Å². The van der Waals surface area contributed by atoms with E-state index in [9.17, 15) is 4.57 Å². The first kappa shape index (κ1) is 12.9. The molecule has 1 aromatic rings. The average molecular weight is 366 g/mol. The summed E-state index contributed by atoms with van der Waals surface area (Å²) in [6.07, 6.45) is 2.31. The summed E-state index contributed by atoms with van der Waals surface area (Å²) in [5, 5.41) is 0. The van der Waals surface area contributed by atoms with Crippen molar-refractivity contribution in [2.75, 3.05) is 12.3 Å². The van der Waals surface area contributed by atoms with Crippen LogP contribution in [-0.4, -0.2) is 21.5 Å². The zero-order chi connectivity index (χ0) is 11.8. The van der Waals surface area contributed by atoms with E-state index in [0.29, 0.717) is 4.83 Å². The first-order chi connectivity index (χ1) is 7.41. The van der Waals surface area contributed by atoms with Crippen molar-refractivity contribution >= 4 is 39.0 Å². The van der Waals surface area contributed by atoms with Crippen LogP contribution in [0.25, 0.3) is 0 Å². The molecule has 0 amide bonds. The Hall–Kier alpha value is 0.410. The van der Waals surface area contributed by atoms with E-state index in [1.807, 2.05) is 18.2 Å². The molecule has 88 valence electrons. The SMILES string of the molecule is C[C@]1(Br)C[P@](=O)(Cc2ccccc2)C[C@@H]1Br. The van der Waals surface area contributed by atoms with Gasteiger partial charge < -0.3 is 4.57 Å². The van der Waals surface area contributed by atoms with Crippen molar-refractivity contribution in [1.82, 2.24) is 0 Å². The second-order valence-electron chi connectivity index (χ2n) is 4.79. The number of halogens is 2. The Bertz CT molecular complexity index is 416. The highest BCUT2D eigenvalue weighted by atomic mass is 79.9. The van der Waals surface area contributed by atoms with Gasteiger partial charge in [0.15, 0.2) is 0 Å². The van der Waals surface area contributed by atoms with E-state index >= 15 is 0 Å². The monoisotopic (exact) mass is 364 g/mol. The van der Waals surface area contributed by atoms with E-state index in [4.69, 9.17) is 0 Å². The van der Waals surface area contributed by atoms with Crippen LogP contribution in [0.4, 0.5) is 0 Å². The molecule has 0 radical (unpaired) electrons. The van der Waals surface area contributed by atoms with E-state index in [-0.39, 0.29) is 4.32 Å². The maximum atomic E-state index is 12.7. The van der Waals surface area contributed by atoms with Gasteiger partial charge in [-0.05, 0) is 12.5 Å². The van der Waals surface area contributed by atoms with Crippen LogP contribution >= 0.6 is 39.0 Å². The van der Waals surface area contributed by atoms with Gasteiger partial charge in [0.1, 0.15) is 0 Å². The van der Waals surface area contributed by atoms with Crippen LogP contribution in [-0.2, 0) is 10.7 Å². The Balaban J connectivity index is 2.15. The van der Waals surface area contributed by atoms with Crippen molar-refractivity contribution in [3.05, 3.63) is 35.9 Å². The van der Waals surface area contributed by atoms with Crippen LogP contribution < -0.4 is 0 Å². The van der Waals surface area contributed by atoms with Gasteiger partial charge in [0, 0.05) is 27.6 Å². The van der Waals surface area contributed by atoms with Crippen molar-refractivity contribution in [3.8, 4) is 0 Å². The number of alkyl halides is 2. The van der Waals surface area contributed by atoms with Gasteiger partial charge in [-0.3, -0.25) is 0 Å². The normalized spacial score (nSPS) is 38.8. The van der Waals surface area contributed by atoms with Crippen LogP contribution in [0.15, 0.2) is 30.3 Å². The van der Waals surface area contributed by atoms with E-state index in [1.165, 1.54) is 5.56 Å². The second-order valence-corrected chi connectivity index (χ2v) is 10.8. The quantitative estimate of drug-likeness (QED) is 0.557. The summed E-state index contributed by atoms with van der Waals surface area (Å²) >= 11 is 7.31. The van der Waals surface area contributed by atoms with Crippen LogP contribution in [0.3, 0.4) is 0 Å². The first-order valence-electron chi connectivity index (χ1n) is 5.35. The van der Waals surface area contributed by atoms with E-state index in [1.54, 1.807) is 0 Å². The standard InChI is InChI=1S/C12H15Br2OP/c1-12(14)9-16(15,8-11(12)13)7-10-5-3-2-4-6-10/h2-6,11H,7-9H2,1H3/t11-,12-,16-/m0/s1. The van der Waals surface area contributed by atoms with Gasteiger partial charge in [-0.1, -0.05) is 62.2 Å². The fourth-order valence-corrected chi connectivity index (χ4v) is 9.61. The molecule has 0 spiro atoms. The zero-order valence-electron chi connectivity index (χ0n) is 9.20. The molecule has 0 unspecified atom stereocenters. The van der Waals surface area contributed by atoms with Gasteiger partial charge in [-0.25, -0.2) is 0 Å². The van der Waals surface area contributed by atoms with Crippen LogP contribution in [0.1, 0.15) is 12.5 Å². The molecule has 1 saturated heterocycles. The molecule has 4 heteroatoms. The van der Waals surface area contributed by atoms with Gasteiger partial charge >= 0.3 is 0 Å². The fourth-order valence-electron chi connectivity index (χ4n) is 2.25. The number of hydrogen-bond donors (Lipinski definition) is 0. The minimum Gasteiger partial charge on any atom is -0.323 e. The van der Waals surface area contributed by atoms with Crippen molar-refractivity contribution in [1.29, 1.82) is 0 Å². The summed E-state index contributed by atoms with van der Waals surface area (Å²) in [5.74, 6) is 0. The molecular formula is C12H15Br2OP. The summed E-state index contributed by atoms with van der Waals surface area (Å²) in [4.78, 5) is 0.314. The lowest BCUT2D eigenvalue weighted by Crippen LogP contribution is -2.25. The van der Waals surface area contributed by atoms with Crippen molar-refractivity contribution in [2.24, 2.45) is 0 Å². The molecule has 0 N–H and O–H groups in total. The molecule has 0 aromatic heterocycles. The third-order valence-corrected chi connectivity index (χ3v) is 9.98. The van der Waals surface area contributed by atoms with Crippen molar-refractivity contribution in [3.63, 3.8) is 0 Å². The molecule has 1 fully saturated rings. The third-order valence-electron chi connectivity index (χ3n) is 3.06. The Labute approximate surface area is 114 Å². The van der Waals surface area contributed by atoms with Crippen molar-refractivity contribution in [2.45, 2.75) is 22.2 Å². The van der Waals surface area contributed by atoms with Gasteiger partial charge in [0.25, 0.3) is 0 Å². The molecule has 0 bridgehead atoms. The smallest absolute Gasteiger partial charge is 0.0944 e. The zero-order valence-corrected chi connectivity index (χ0v) is 13.3. The minimum absolute atomic E-state index is 0.0166. The van der Waals surface area contributed by atoms with Gasteiger partial charge in [-0.15, -0.1) is 0 Å². The van der Waals surface area contributed by atoms with Gasteiger partial charge in [0.05, 0.1) is 7.14 Å². The molecule has 0 aliphatic carbocycles. The second kappa shape index (κ2) is 4.59. The Morgan fingerprint density at radius 2 is 2.06 bits per heavy atom. The lowest BCUT2D eigenvalue weighted by Gasteiger charge is -2.18. The average Bonchev–Trinajstić information content (AvgIpc) is 2.36. The molecule has 0 saturated carbocycles. The highest BCUT2D eigenvalue weighted by Gasteiger charge is 2.46. The predicted molar refractivity (Wildman–Crippen MR) is 77.5 cm³/mol. The maximum absolute atomic E-state index is 12.7. The molecule has 1 nitrogen and oxygen atoms in total. The summed E-state index contributed by atoms with van der Waals surface area (Å²) in [6, 6.07) is 10.1. The highest BCUT2D eigenvalue weighted by Crippen LogP contribution is 2.61. The molecule has 1 aliphatic rings. The molecule has 3 atom stereocenters. The number of benzene rings is 1. The van der Waals surface area contributed by atoms with E-state index < -0.39 is 7.14 Å². The first-order valence-corrected chi connectivity index (χ1v) is 9.32. The molecule has 16 heavy (non-hydrogen) atoms. The molecule has 2 rings (SSSR count). The largest absolute Gasteiger partial charge is 0.323 e. The summed E-state index contributed by atoms with van der Waals surface area (Å²) < 4.78 is 12.7. The predicted octanol–water partition coefficient (Wildman–Crippen LogP) is 4.48. The minimum atomic E-state index is -2.06. The molecular weight excluding hydrogens is 351 g/mol. The highest BCUT2D eigenvalue weighted by molar-refractivity contribution is 9.12. The summed E-state index contributed by atoms with van der Waals surface area (Å²) in [7, 11) is -2.06. The Morgan fingerprint density at radius 1 is 1.44 bits per heavy atom. The topological polar surface area (TPSA) is 17.1 Å². The molecule has 1 heterocycles. The maximum Gasteiger partial charge on any atom is 0.0944 e. The van der Waals surface area contributed by atoms with Crippen LogP contribution in [0.2, 0.25) is 0 Å². The lowest BCUT2D eigenvalue weighted by atomic mass is 10.2. The third kappa shape index (κ3) is 2.80. The van der Waals surface area contributed by atoms with Crippen LogP contribution in [0.5, 0.6) is 0 Å². The summed E-state index contributed by atoms with van der Waals surface area (Å²) in [5.41, 5.74) is 1.19. The Morgan fingerprint density at radius 3 is 2.56 bits per heavy atom.